The van der Waals surface area contributed by atoms with Crippen LogP contribution in [0.5, 0.6) is 0 Å². The molecule has 0 unspecified atom stereocenters. The van der Waals surface area contributed by atoms with Crippen LogP contribution in [0.15, 0.2) is 28.4 Å². The van der Waals surface area contributed by atoms with Crippen molar-refractivity contribution < 1.29 is 8.42 Å². The van der Waals surface area contributed by atoms with Crippen LogP contribution in [0.1, 0.15) is 17.7 Å². The second-order valence-corrected chi connectivity index (χ2v) is 8.60. The molecule has 0 atom stereocenters. The maximum atomic E-state index is 12.5. The minimum absolute atomic E-state index is 0.0499. The van der Waals surface area contributed by atoms with Crippen LogP contribution in [0.25, 0.3) is 0 Å². The van der Waals surface area contributed by atoms with Crippen LogP contribution in [-0.2, 0) is 29.4 Å². The quantitative estimate of drug-likeness (QED) is 0.749. The van der Waals surface area contributed by atoms with Gasteiger partial charge in [0.25, 0.3) is 15.6 Å². The number of rotatable bonds is 5. The maximum Gasteiger partial charge on any atom is 0.267 e. The average molecular weight is 378 g/mol. The first-order chi connectivity index (χ1) is 12.5. The van der Waals surface area contributed by atoms with Crippen molar-refractivity contribution in [1.82, 2.24) is 29.0 Å². The van der Waals surface area contributed by atoms with Crippen molar-refractivity contribution >= 4 is 10.0 Å². The van der Waals surface area contributed by atoms with Gasteiger partial charge in [-0.05, 0) is 24.8 Å². The van der Waals surface area contributed by atoms with Crippen molar-refractivity contribution in [1.29, 1.82) is 0 Å². The van der Waals surface area contributed by atoms with E-state index in [-0.39, 0.29) is 10.6 Å². The second-order valence-electron chi connectivity index (χ2n) is 6.69. The van der Waals surface area contributed by atoms with E-state index >= 15 is 0 Å². The van der Waals surface area contributed by atoms with Crippen molar-refractivity contribution in [3.8, 4) is 0 Å². The van der Waals surface area contributed by atoms with E-state index in [0.29, 0.717) is 39.3 Å². The summed E-state index contributed by atoms with van der Waals surface area (Å²) in [6.45, 7) is 3.32. The van der Waals surface area contributed by atoms with Gasteiger partial charge in [-0.15, -0.1) is 0 Å². The lowest BCUT2D eigenvalue weighted by molar-refractivity contribution is 0.180. The number of aryl methyl sites for hydroxylation is 2. The fraction of sp³-hybridized carbons (Fsp3) is 0.562. The minimum atomic E-state index is -3.50. The number of aromatic nitrogens is 4. The molecule has 4 rings (SSSR count). The molecule has 26 heavy (non-hydrogen) atoms. The van der Waals surface area contributed by atoms with Gasteiger partial charge in [-0.2, -0.15) is 9.40 Å². The van der Waals surface area contributed by atoms with Gasteiger partial charge < -0.3 is 4.98 Å². The lowest BCUT2D eigenvalue weighted by Crippen LogP contribution is -2.49. The van der Waals surface area contributed by atoms with E-state index in [4.69, 9.17) is 0 Å². The SMILES string of the molecule is O=c1cc2c(nn1CCN1CCN(S(=O)(=O)c3cnc[nH]3)CC1)CCC2. The molecule has 1 N–H and O–H groups in total. The van der Waals surface area contributed by atoms with Crippen LogP contribution in [-0.4, -0.2) is 70.1 Å². The fourth-order valence-electron chi connectivity index (χ4n) is 3.55. The molecular weight excluding hydrogens is 356 g/mol. The summed E-state index contributed by atoms with van der Waals surface area (Å²) in [6, 6.07) is 1.71. The molecule has 1 aliphatic heterocycles. The van der Waals surface area contributed by atoms with Crippen molar-refractivity contribution in [2.24, 2.45) is 0 Å². The van der Waals surface area contributed by atoms with Crippen molar-refractivity contribution in [3.63, 3.8) is 0 Å². The highest BCUT2D eigenvalue weighted by atomic mass is 32.2. The summed E-state index contributed by atoms with van der Waals surface area (Å²) in [4.78, 5) is 20.8. The molecular formula is C16H22N6O3S. The van der Waals surface area contributed by atoms with Crippen molar-refractivity contribution in [2.75, 3.05) is 32.7 Å². The van der Waals surface area contributed by atoms with Gasteiger partial charge in [-0.25, -0.2) is 18.1 Å². The number of hydrogen-bond donors (Lipinski definition) is 1. The Labute approximate surface area is 151 Å². The smallest absolute Gasteiger partial charge is 0.267 e. The Kier molecular flexibility index (Phi) is 4.63. The third-order valence-electron chi connectivity index (χ3n) is 5.07. The Balaban J connectivity index is 1.34. The van der Waals surface area contributed by atoms with Crippen LogP contribution in [0, 0.1) is 0 Å². The number of nitrogens with zero attached hydrogens (tertiary/aromatic N) is 5. The van der Waals surface area contributed by atoms with Crippen molar-refractivity contribution in [2.45, 2.75) is 30.8 Å². The summed E-state index contributed by atoms with van der Waals surface area (Å²) in [7, 11) is -3.50. The van der Waals surface area contributed by atoms with E-state index in [9.17, 15) is 13.2 Å². The van der Waals surface area contributed by atoms with Gasteiger partial charge in [0.1, 0.15) is 0 Å². The molecule has 0 aromatic carbocycles. The van der Waals surface area contributed by atoms with E-state index in [0.717, 1.165) is 30.5 Å². The van der Waals surface area contributed by atoms with Crippen LogP contribution in [0.4, 0.5) is 0 Å². The Morgan fingerprint density at radius 2 is 1.92 bits per heavy atom. The first kappa shape index (κ1) is 17.4. The summed E-state index contributed by atoms with van der Waals surface area (Å²) < 4.78 is 27.9. The Hall–Kier alpha value is -2.04. The highest BCUT2D eigenvalue weighted by molar-refractivity contribution is 7.89. The zero-order chi connectivity index (χ0) is 18.1. The van der Waals surface area contributed by atoms with Crippen molar-refractivity contribution in [3.05, 3.63) is 40.2 Å². The van der Waals surface area contributed by atoms with Crippen LogP contribution >= 0.6 is 0 Å². The number of H-pyrrole nitrogens is 1. The molecule has 2 aromatic rings. The topological polar surface area (TPSA) is 104 Å². The highest BCUT2D eigenvalue weighted by Gasteiger charge is 2.29. The Morgan fingerprint density at radius 3 is 2.65 bits per heavy atom. The first-order valence-electron chi connectivity index (χ1n) is 8.85. The predicted molar refractivity (Wildman–Crippen MR) is 94.3 cm³/mol. The normalized spacial score (nSPS) is 18.9. The zero-order valence-corrected chi connectivity index (χ0v) is 15.3. The van der Waals surface area contributed by atoms with E-state index in [2.05, 4.69) is 20.0 Å². The first-order valence-corrected chi connectivity index (χ1v) is 10.3. The summed E-state index contributed by atoms with van der Waals surface area (Å²) >= 11 is 0. The molecule has 2 aliphatic rings. The largest absolute Gasteiger partial charge is 0.335 e. The summed E-state index contributed by atoms with van der Waals surface area (Å²) in [5.41, 5.74) is 2.08. The molecule has 0 bridgehead atoms. The molecule has 10 heteroatoms. The molecule has 0 spiro atoms. The zero-order valence-electron chi connectivity index (χ0n) is 14.5. The molecule has 1 fully saturated rings. The Bertz CT molecular complexity index is 929. The molecule has 0 amide bonds. The number of sulfonamides is 1. The number of piperazine rings is 1. The lowest BCUT2D eigenvalue weighted by Gasteiger charge is -2.33. The highest BCUT2D eigenvalue weighted by Crippen LogP contribution is 2.17. The third-order valence-corrected chi connectivity index (χ3v) is 6.90. The van der Waals surface area contributed by atoms with Gasteiger partial charge >= 0.3 is 0 Å². The molecule has 0 saturated carbocycles. The summed E-state index contributed by atoms with van der Waals surface area (Å²) in [6.07, 6.45) is 5.65. The number of nitrogens with one attached hydrogen (secondary N) is 1. The standard InChI is InChI=1S/C16H22N6O3S/c23-16-10-13-2-1-3-14(13)19-22(16)9-6-20-4-7-21(8-5-20)26(24,25)15-11-17-12-18-15/h10-12H,1-9H2,(H,17,18). The lowest BCUT2D eigenvalue weighted by atomic mass is 10.2. The molecule has 1 aliphatic carbocycles. The molecule has 2 aromatic heterocycles. The number of imidazole rings is 1. The van der Waals surface area contributed by atoms with Crippen LogP contribution in [0.2, 0.25) is 0 Å². The van der Waals surface area contributed by atoms with Gasteiger partial charge in [0.05, 0.1) is 24.8 Å². The van der Waals surface area contributed by atoms with Crippen LogP contribution < -0.4 is 5.56 Å². The number of hydrogen-bond acceptors (Lipinski definition) is 6. The van der Waals surface area contributed by atoms with Crippen LogP contribution in [0.3, 0.4) is 0 Å². The van der Waals surface area contributed by atoms with Gasteiger partial charge in [0.2, 0.25) is 0 Å². The average Bonchev–Trinajstić information content (AvgIpc) is 3.32. The van der Waals surface area contributed by atoms with Gasteiger partial charge in [0, 0.05) is 38.8 Å². The summed E-state index contributed by atoms with van der Waals surface area (Å²) in [5.74, 6) is 0. The van der Waals surface area contributed by atoms with Gasteiger partial charge in [-0.1, -0.05) is 0 Å². The number of fused-ring (bicyclic) bond motifs is 1. The predicted octanol–water partition coefficient (Wildman–Crippen LogP) is -0.538. The number of aromatic amines is 1. The van der Waals surface area contributed by atoms with E-state index in [1.54, 1.807) is 6.07 Å². The monoisotopic (exact) mass is 378 g/mol. The fourth-order valence-corrected chi connectivity index (χ4v) is 4.87. The summed E-state index contributed by atoms with van der Waals surface area (Å²) in [5, 5.41) is 4.61. The van der Waals surface area contributed by atoms with E-state index in [1.807, 2.05) is 0 Å². The third kappa shape index (κ3) is 3.31. The van der Waals surface area contributed by atoms with E-state index in [1.165, 1.54) is 21.5 Å². The second kappa shape index (κ2) is 6.93. The molecule has 1 saturated heterocycles. The Morgan fingerprint density at radius 1 is 1.12 bits per heavy atom. The maximum absolute atomic E-state index is 12.5. The molecule has 140 valence electrons. The minimum Gasteiger partial charge on any atom is -0.335 e. The molecule has 3 heterocycles. The van der Waals surface area contributed by atoms with Gasteiger partial charge in [-0.3, -0.25) is 9.69 Å². The van der Waals surface area contributed by atoms with Gasteiger partial charge in [0.15, 0.2) is 5.03 Å². The molecule has 0 radical (unpaired) electrons. The molecule has 9 nitrogen and oxygen atoms in total. The van der Waals surface area contributed by atoms with E-state index < -0.39 is 10.0 Å².